The minimum atomic E-state index is -4.69. The summed E-state index contributed by atoms with van der Waals surface area (Å²) in [7, 11) is -2.82. The molecule has 0 unspecified atom stereocenters. The first-order valence-corrected chi connectivity index (χ1v) is 15.0. The summed E-state index contributed by atoms with van der Waals surface area (Å²) in [6, 6.07) is 2.57. The molecule has 2 aliphatic heterocycles. The predicted octanol–water partition coefficient (Wildman–Crippen LogP) is -1.07. The van der Waals surface area contributed by atoms with E-state index in [1.54, 1.807) is 16.2 Å². The summed E-state index contributed by atoms with van der Waals surface area (Å²) in [5, 5.41) is 18.1. The first-order chi connectivity index (χ1) is 19.0. The third-order valence-corrected chi connectivity index (χ3v) is 8.50. The average molecular weight is 632 g/mol. The van der Waals surface area contributed by atoms with E-state index >= 15 is 0 Å². The molecule has 4 heterocycles. The van der Waals surface area contributed by atoms with Gasteiger partial charge >= 0.3 is 10.3 Å². The topological polar surface area (TPSA) is 207 Å². The molecule has 0 aromatic carbocycles. The fraction of sp³-hybridized carbons (Fsp3) is 0.250. The summed E-state index contributed by atoms with van der Waals surface area (Å²) in [5.41, 5.74) is -0.681. The summed E-state index contributed by atoms with van der Waals surface area (Å²) in [4.78, 5) is 47.7. The second-order valence-electron chi connectivity index (χ2n) is 7.82. The van der Waals surface area contributed by atoms with E-state index in [-0.39, 0.29) is 11.4 Å². The number of pyridine rings is 1. The molecule has 15 nitrogen and oxygen atoms in total. The molecule has 40 heavy (non-hydrogen) atoms. The third-order valence-electron chi connectivity index (χ3n) is 5.17. The maximum absolute atomic E-state index is 12.9. The van der Waals surface area contributed by atoms with Crippen molar-refractivity contribution in [3.8, 4) is 0 Å². The van der Waals surface area contributed by atoms with Crippen LogP contribution in [0.4, 0.5) is 9.52 Å². The lowest BCUT2D eigenvalue weighted by Gasteiger charge is -2.50. The van der Waals surface area contributed by atoms with E-state index in [2.05, 4.69) is 24.7 Å². The van der Waals surface area contributed by atoms with Crippen molar-refractivity contribution in [2.75, 3.05) is 17.3 Å². The number of allylic oxidation sites excluding steroid dienone is 1. The van der Waals surface area contributed by atoms with Crippen LogP contribution < -0.4 is 19.7 Å². The van der Waals surface area contributed by atoms with Crippen LogP contribution in [0.15, 0.2) is 57.3 Å². The molecule has 20 heteroatoms. The molecule has 0 spiro atoms. The minimum absolute atomic E-state index is 0.190. The highest BCUT2D eigenvalue weighted by atomic mass is 32.2. The zero-order valence-corrected chi connectivity index (χ0v) is 23.4. The number of amides is 2. The maximum atomic E-state index is 12.9. The van der Waals surface area contributed by atoms with Crippen LogP contribution >= 0.6 is 35.1 Å². The number of oxime groups is 1. The Balaban J connectivity index is 1.49. The lowest BCUT2D eigenvalue weighted by Crippen LogP contribution is -2.71. The van der Waals surface area contributed by atoms with Gasteiger partial charge in [0.25, 0.3) is 18.7 Å². The second kappa shape index (κ2) is 12.3. The number of rotatable bonds is 11. The van der Waals surface area contributed by atoms with Crippen molar-refractivity contribution in [3.05, 3.63) is 53.1 Å². The van der Waals surface area contributed by atoms with Crippen LogP contribution in [0.2, 0.25) is 0 Å². The Hall–Kier alpha value is -3.59. The predicted molar refractivity (Wildman–Crippen MR) is 138 cm³/mol. The molecule has 0 aliphatic carbocycles. The van der Waals surface area contributed by atoms with Gasteiger partial charge in [-0.25, -0.2) is 13.7 Å². The molecular weight excluding hydrogens is 614 g/mol. The fourth-order valence-corrected chi connectivity index (χ4v) is 6.62. The van der Waals surface area contributed by atoms with E-state index in [0.717, 1.165) is 9.80 Å². The molecule has 2 aliphatic rings. The van der Waals surface area contributed by atoms with Gasteiger partial charge in [0, 0.05) is 34.3 Å². The number of aromatic nitrogens is 3. The van der Waals surface area contributed by atoms with Gasteiger partial charge in [0.05, 0.1) is 11.7 Å². The number of β-lactam (4-membered cyclic amide) rings is 1. The standard InChI is InChI=1S/C20H18FN7O8S4/c1-27-5-2-11(3-6-27)37-7-4-10-8-38-18-13(17(30)28(18)14(10)19(31)32)22-16(29)12(24-36-9-21)15-23-20(39-25-15)26-40(33,34)35/h2-7,13,18H,8-9H2,1H3,(H3-,22,23,25,26,29,31,32,33,34,35)/b7-4+,24-12-/t13-,18-/m1/s1. The summed E-state index contributed by atoms with van der Waals surface area (Å²) in [6.45, 7) is -1.43. The fourth-order valence-electron chi connectivity index (χ4n) is 3.47. The number of carboxylic acid groups (broad SMARTS) is 1. The molecular formula is C20H18FN7O8S4. The highest BCUT2D eigenvalue weighted by Crippen LogP contribution is 2.40. The average Bonchev–Trinajstić information content (AvgIpc) is 3.34. The lowest BCUT2D eigenvalue weighted by atomic mass is 10.0. The monoisotopic (exact) mass is 631 g/mol. The zero-order chi connectivity index (χ0) is 29.0. The first-order valence-electron chi connectivity index (χ1n) is 10.8. The van der Waals surface area contributed by atoms with Crippen LogP contribution in [0.1, 0.15) is 5.82 Å². The molecule has 0 radical (unpaired) electrons. The van der Waals surface area contributed by atoms with Crippen LogP contribution in [0.5, 0.6) is 0 Å². The van der Waals surface area contributed by atoms with E-state index in [9.17, 15) is 32.3 Å². The number of carboxylic acids is 1. The van der Waals surface area contributed by atoms with E-state index in [4.69, 9.17) is 4.55 Å². The molecule has 1 fully saturated rings. The van der Waals surface area contributed by atoms with Crippen molar-refractivity contribution in [2.24, 2.45) is 12.2 Å². The number of hydrogen-bond acceptors (Lipinski definition) is 13. The number of nitrogens with zero attached hydrogens (tertiary/aromatic N) is 5. The van der Waals surface area contributed by atoms with Crippen molar-refractivity contribution in [3.63, 3.8) is 0 Å². The number of fused-ring (bicyclic) bond motifs is 1. The highest BCUT2D eigenvalue weighted by molar-refractivity contribution is 8.02. The van der Waals surface area contributed by atoms with Crippen LogP contribution in [0.3, 0.4) is 0 Å². The first kappa shape index (κ1) is 29.4. The Morgan fingerprint density at radius 1 is 1.43 bits per heavy atom. The number of hydrogen-bond donors (Lipinski definition) is 3. The van der Waals surface area contributed by atoms with Gasteiger partial charge in [-0.05, 0) is 17.1 Å². The molecule has 212 valence electrons. The Labute approximate surface area is 238 Å². The Kier molecular flexibility index (Phi) is 9.03. The number of carbonyl (C=O) groups is 3. The molecule has 0 saturated carbocycles. The number of anilines is 1. The summed E-state index contributed by atoms with van der Waals surface area (Å²) in [5.74, 6) is -3.70. The normalized spacial score (nSPS) is 19.3. The zero-order valence-electron chi connectivity index (χ0n) is 20.1. The van der Waals surface area contributed by atoms with E-state index < -0.39 is 63.0 Å². The van der Waals surface area contributed by atoms with Crippen LogP contribution in [-0.4, -0.2) is 74.8 Å². The number of halogens is 1. The molecule has 2 aromatic heterocycles. The van der Waals surface area contributed by atoms with Crippen LogP contribution in [0.25, 0.3) is 0 Å². The molecule has 3 N–H and O–H groups in total. The third kappa shape index (κ3) is 6.75. The number of thioether (sulfide) groups is 2. The van der Waals surface area contributed by atoms with Crippen molar-refractivity contribution in [1.82, 2.24) is 19.6 Å². The van der Waals surface area contributed by atoms with Gasteiger partial charge in [-0.3, -0.25) is 19.0 Å². The SMILES string of the molecule is C[n+]1ccc(S/C=C/C2=C(C(=O)[O-])N3C(=O)[C@@H](NC(=O)/C(=N\OCF)c4nsc(NS(=O)(=O)O)n4)[C@H]3SC2)cc1. The molecule has 2 atom stereocenters. The molecule has 0 bridgehead atoms. The van der Waals surface area contributed by atoms with Crippen molar-refractivity contribution in [1.29, 1.82) is 0 Å². The van der Waals surface area contributed by atoms with Gasteiger partial charge in [-0.2, -0.15) is 17.8 Å². The van der Waals surface area contributed by atoms with Crippen LogP contribution in [0, 0.1) is 0 Å². The van der Waals surface area contributed by atoms with Gasteiger partial charge in [-0.15, -0.1) is 11.8 Å². The summed E-state index contributed by atoms with van der Waals surface area (Å²) in [6.07, 6.45) is 5.29. The summed E-state index contributed by atoms with van der Waals surface area (Å²) >= 11 is 2.98. The largest absolute Gasteiger partial charge is 0.543 e. The maximum Gasteiger partial charge on any atom is 0.359 e. The molecule has 4 rings (SSSR count). The number of alkyl halides is 1. The number of carbonyl (C=O) groups excluding carboxylic acids is 3. The Bertz CT molecular complexity index is 1530. The van der Waals surface area contributed by atoms with Crippen molar-refractivity contribution in [2.45, 2.75) is 16.3 Å². The minimum Gasteiger partial charge on any atom is -0.543 e. The smallest absolute Gasteiger partial charge is 0.359 e. The lowest BCUT2D eigenvalue weighted by molar-refractivity contribution is -0.671. The molecule has 1 saturated heterocycles. The highest BCUT2D eigenvalue weighted by Gasteiger charge is 2.53. The number of aliphatic carboxylic acids is 1. The van der Waals surface area contributed by atoms with Gasteiger partial charge < -0.3 is 20.1 Å². The van der Waals surface area contributed by atoms with Crippen LogP contribution in [-0.2, 0) is 36.6 Å². The molecule has 2 aromatic rings. The van der Waals surface area contributed by atoms with E-state index in [0.29, 0.717) is 17.1 Å². The van der Waals surface area contributed by atoms with E-state index in [1.165, 1.54) is 23.5 Å². The van der Waals surface area contributed by atoms with Crippen molar-refractivity contribution >= 4 is 74.0 Å². The quantitative estimate of drug-likeness (QED) is 0.0677. The molecule has 2 amide bonds. The van der Waals surface area contributed by atoms with Crippen molar-refractivity contribution < 1.29 is 46.3 Å². The Morgan fingerprint density at radius 2 is 2.15 bits per heavy atom. The second-order valence-corrected chi connectivity index (χ2v) is 11.8. The van der Waals surface area contributed by atoms with E-state index in [1.807, 2.05) is 36.1 Å². The number of nitrogens with one attached hydrogen (secondary N) is 2. The summed E-state index contributed by atoms with van der Waals surface area (Å²) < 4.78 is 50.6. The van der Waals surface area contributed by atoms with Gasteiger partial charge in [0.1, 0.15) is 18.5 Å². The Morgan fingerprint density at radius 3 is 2.80 bits per heavy atom. The van der Waals surface area contributed by atoms with Gasteiger partial charge in [0.2, 0.25) is 16.7 Å². The number of aryl methyl sites for hydroxylation is 1. The van der Waals surface area contributed by atoms with Gasteiger partial charge in [-0.1, -0.05) is 16.9 Å². The van der Waals surface area contributed by atoms with Gasteiger partial charge in [0.15, 0.2) is 12.4 Å².